The van der Waals surface area contributed by atoms with Crippen LogP contribution >= 0.6 is 0 Å². The van der Waals surface area contributed by atoms with E-state index >= 15 is 0 Å². The molecule has 1 atom stereocenters. The molecule has 4 aromatic rings. The Balaban J connectivity index is 1.55. The number of benzene rings is 2. The minimum Gasteiger partial charge on any atom is -0.464 e. The molecule has 0 saturated carbocycles. The monoisotopic (exact) mass is 477 g/mol. The molecule has 1 amide bonds. The number of methoxy groups -OCH3 is 1. The summed E-state index contributed by atoms with van der Waals surface area (Å²) in [5.74, 6) is -0.721. The molecule has 4 rings (SSSR count). The maximum atomic E-state index is 12.7. The van der Waals surface area contributed by atoms with Crippen LogP contribution in [0.25, 0.3) is 33.1 Å². The number of furan rings is 1. The van der Waals surface area contributed by atoms with Crippen LogP contribution < -0.4 is 10.9 Å². The van der Waals surface area contributed by atoms with Gasteiger partial charge in [-0.15, -0.1) is 0 Å². The highest BCUT2D eigenvalue weighted by Gasteiger charge is 2.18. The van der Waals surface area contributed by atoms with E-state index in [0.717, 1.165) is 27.5 Å². The highest BCUT2D eigenvalue weighted by Crippen LogP contribution is 2.34. The van der Waals surface area contributed by atoms with Gasteiger partial charge in [-0.3, -0.25) is 9.59 Å². The summed E-state index contributed by atoms with van der Waals surface area (Å²) >= 11 is 0. The zero-order chi connectivity index (χ0) is 24.9. The van der Waals surface area contributed by atoms with Crippen LogP contribution in [0, 0.1) is 6.92 Å². The molecular weight excluding hydrogens is 450 g/mol. The lowest BCUT2D eigenvalue weighted by Crippen LogP contribution is -2.37. The van der Waals surface area contributed by atoms with Gasteiger partial charge >= 0.3 is 11.6 Å². The summed E-state index contributed by atoms with van der Waals surface area (Å²) in [5, 5.41) is 4.43. The van der Waals surface area contributed by atoms with Crippen LogP contribution in [0.5, 0.6) is 0 Å². The van der Waals surface area contributed by atoms with Crippen molar-refractivity contribution >= 4 is 33.8 Å². The van der Waals surface area contributed by atoms with Gasteiger partial charge in [-0.25, -0.2) is 4.79 Å². The Hall–Kier alpha value is -3.91. The molecule has 0 bridgehead atoms. The second-order valence-corrected chi connectivity index (χ2v) is 8.34. The van der Waals surface area contributed by atoms with Gasteiger partial charge in [0.1, 0.15) is 17.3 Å². The average Bonchev–Trinajstić information content (AvgIpc) is 3.24. The zero-order valence-corrected chi connectivity index (χ0v) is 19.9. The lowest BCUT2D eigenvalue weighted by atomic mass is 9.99. The third kappa shape index (κ3) is 5.44. The lowest BCUT2D eigenvalue weighted by molar-refractivity contribution is -0.149. The molecule has 0 aliphatic carbocycles. The number of amides is 1. The first kappa shape index (κ1) is 24.2. The summed E-state index contributed by atoms with van der Waals surface area (Å²) in [6, 6.07) is 13.6. The van der Waals surface area contributed by atoms with Gasteiger partial charge in [0.05, 0.1) is 19.4 Å². The van der Waals surface area contributed by atoms with Crippen molar-refractivity contribution in [2.45, 2.75) is 32.8 Å². The van der Waals surface area contributed by atoms with Crippen molar-refractivity contribution in [1.82, 2.24) is 5.32 Å². The first-order valence-corrected chi connectivity index (χ1v) is 11.3. The Morgan fingerprint density at radius 3 is 2.57 bits per heavy atom. The van der Waals surface area contributed by atoms with Crippen LogP contribution in [-0.4, -0.2) is 38.2 Å². The number of rotatable bonds is 9. The fourth-order valence-electron chi connectivity index (χ4n) is 4.15. The number of fused-ring (bicyclic) bond motifs is 2. The highest BCUT2D eigenvalue weighted by molar-refractivity contribution is 6.02. The third-order valence-electron chi connectivity index (χ3n) is 5.88. The molecule has 0 radical (unpaired) electrons. The molecule has 2 heterocycles. The second kappa shape index (κ2) is 10.6. The summed E-state index contributed by atoms with van der Waals surface area (Å²) in [6.45, 7) is 3.45. The number of ether oxygens (including phenoxy) is 2. The van der Waals surface area contributed by atoms with Crippen LogP contribution in [0.1, 0.15) is 24.5 Å². The molecule has 0 aliphatic heterocycles. The van der Waals surface area contributed by atoms with E-state index in [1.165, 1.54) is 14.0 Å². The van der Waals surface area contributed by atoms with E-state index in [1.807, 2.05) is 43.3 Å². The third-order valence-corrected chi connectivity index (χ3v) is 5.88. The number of aryl methyl sites for hydroxylation is 1. The number of nitrogens with one attached hydrogen (secondary N) is 1. The Morgan fingerprint density at radius 2 is 1.86 bits per heavy atom. The van der Waals surface area contributed by atoms with Crippen LogP contribution in [0.15, 0.2) is 62.4 Å². The Bertz CT molecular complexity index is 1420. The van der Waals surface area contributed by atoms with Gasteiger partial charge in [0.25, 0.3) is 0 Å². The van der Waals surface area contributed by atoms with Crippen LogP contribution in [-0.2, 0) is 25.5 Å². The van der Waals surface area contributed by atoms with Crippen molar-refractivity contribution in [2.24, 2.45) is 0 Å². The first-order chi connectivity index (χ1) is 16.9. The Morgan fingerprint density at radius 1 is 1.09 bits per heavy atom. The molecule has 0 aliphatic rings. The maximum absolute atomic E-state index is 12.7. The molecule has 0 saturated heterocycles. The van der Waals surface area contributed by atoms with Gasteiger partial charge in [0, 0.05) is 48.4 Å². The molecule has 1 unspecified atom stereocenters. The summed E-state index contributed by atoms with van der Waals surface area (Å²) in [5.41, 5.74) is 3.78. The SMILES string of the molecule is COCC(CNC(=O)CCc1c(C)c2cc3c(-c4ccccc4)coc3cc2oc1=O)OC(C)=O. The van der Waals surface area contributed by atoms with Crippen LogP contribution in [0.2, 0.25) is 0 Å². The fourth-order valence-corrected chi connectivity index (χ4v) is 4.15. The van der Waals surface area contributed by atoms with E-state index in [9.17, 15) is 14.4 Å². The van der Waals surface area contributed by atoms with Gasteiger partial charge in [0.15, 0.2) is 0 Å². The highest BCUT2D eigenvalue weighted by atomic mass is 16.6. The zero-order valence-electron chi connectivity index (χ0n) is 19.9. The van der Waals surface area contributed by atoms with Crippen molar-refractivity contribution in [3.8, 4) is 11.1 Å². The molecule has 2 aromatic carbocycles. The van der Waals surface area contributed by atoms with Crippen molar-refractivity contribution in [1.29, 1.82) is 0 Å². The number of hydrogen-bond acceptors (Lipinski definition) is 7. The van der Waals surface area contributed by atoms with Gasteiger partial charge in [-0.1, -0.05) is 30.3 Å². The summed E-state index contributed by atoms with van der Waals surface area (Å²) in [7, 11) is 1.49. The lowest BCUT2D eigenvalue weighted by Gasteiger charge is -2.16. The second-order valence-electron chi connectivity index (χ2n) is 8.34. The van der Waals surface area contributed by atoms with E-state index < -0.39 is 17.7 Å². The minimum atomic E-state index is -0.579. The number of esters is 1. The van der Waals surface area contributed by atoms with Gasteiger partial charge in [-0.2, -0.15) is 0 Å². The average molecular weight is 478 g/mol. The van der Waals surface area contributed by atoms with Crippen molar-refractivity contribution in [3.05, 3.63) is 70.3 Å². The number of hydrogen-bond donors (Lipinski definition) is 1. The van der Waals surface area contributed by atoms with E-state index in [2.05, 4.69) is 5.32 Å². The van der Waals surface area contributed by atoms with E-state index in [1.54, 1.807) is 12.3 Å². The smallest absolute Gasteiger partial charge is 0.339 e. The van der Waals surface area contributed by atoms with Crippen LogP contribution in [0.3, 0.4) is 0 Å². The predicted octanol–water partition coefficient (Wildman–Crippen LogP) is 4.14. The summed E-state index contributed by atoms with van der Waals surface area (Å²) in [4.78, 5) is 36.3. The molecule has 0 spiro atoms. The van der Waals surface area contributed by atoms with Crippen LogP contribution in [0.4, 0.5) is 0 Å². The first-order valence-electron chi connectivity index (χ1n) is 11.3. The molecule has 8 heteroatoms. The molecule has 35 heavy (non-hydrogen) atoms. The predicted molar refractivity (Wildman–Crippen MR) is 131 cm³/mol. The number of carbonyl (C=O) groups excluding carboxylic acids is 2. The Kier molecular flexibility index (Phi) is 7.31. The molecule has 8 nitrogen and oxygen atoms in total. The topological polar surface area (TPSA) is 108 Å². The van der Waals surface area contributed by atoms with Gasteiger partial charge in [0.2, 0.25) is 5.91 Å². The van der Waals surface area contributed by atoms with Crippen molar-refractivity contribution in [2.75, 3.05) is 20.3 Å². The van der Waals surface area contributed by atoms with Crippen molar-refractivity contribution < 1.29 is 27.9 Å². The van der Waals surface area contributed by atoms with Crippen molar-refractivity contribution in [3.63, 3.8) is 0 Å². The standard InChI is InChI=1S/C27H27NO7/c1-16-20(9-10-26(30)28-13-19(14-32-3)34-17(2)29)27(31)35-25-12-24-22(11-21(16)25)23(15-33-24)18-7-5-4-6-8-18/h4-8,11-12,15,19H,9-10,13-14H2,1-3H3,(H,28,30). The maximum Gasteiger partial charge on any atom is 0.339 e. The molecular formula is C27H27NO7. The largest absolute Gasteiger partial charge is 0.464 e. The molecule has 1 N–H and O–H groups in total. The van der Waals surface area contributed by atoms with E-state index in [-0.39, 0.29) is 31.9 Å². The molecule has 182 valence electrons. The normalized spacial score (nSPS) is 12.1. The number of carbonyl (C=O) groups is 2. The van der Waals surface area contributed by atoms with Gasteiger partial charge in [-0.05, 0) is 30.5 Å². The van der Waals surface area contributed by atoms with E-state index in [0.29, 0.717) is 16.7 Å². The molecule has 0 fully saturated rings. The summed E-state index contributed by atoms with van der Waals surface area (Å²) < 4.78 is 21.4. The summed E-state index contributed by atoms with van der Waals surface area (Å²) in [6.07, 6.45) is 1.42. The Labute approximate surface area is 201 Å². The minimum absolute atomic E-state index is 0.0834. The van der Waals surface area contributed by atoms with Gasteiger partial charge < -0.3 is 23.6 Å². The van der Waals surface area contributed by atoms with E-state index in [4.69, 9.17) is 18.3 Å². The fraction of sp³-hybridized carbons (Fsp3) is 0.296. The quantitative estimate of drug-likeness (QED) is 0.285. The molecule has 2 aromatic heterocycles.